The largest absolute Gasteiger partial charge is 0.423 e. The summed E-state index contributed by atoms with van der Waals surface area (Å²) in [5, 5.41) is 0.519. The van der Waals surface area contributed by atoms with Crippen LogP contribution < -0.4 is 4.74 Å². The van der Waals surface area contributed by atoms with Crippen LogP contribution >= 0.6 is 11.6 Å². The van der Waals surface area contributed by atoms with Crippen LogP contribution in [0.4, 0.5) is 0 Å². The van der Waals surface area contributed by atoms with Crippen LogP contribution in [0.3, 0.4) is 0 Å². The van der Waals surface area contributed by atoms with Crippen molar-refractivity contribution in [1.29, 1.82) is 0 Å². The van der Waals surface area contributed by atoms with E-state index in [-0.39, 0.29) is 0 Å². The Labute approximate surface area is 111 Å². The van der Waals surface area contributed by atoms with Crippen LogP contribution in [0.5, 0.6) is 5.75 Å². The van der Waals surface area contributed by atoms with Gasteiger partial charge in [-0.3, -0.25) is 0 Å². The summed E-state index contributed by atoms with van der Waals surface area (Å²) in [6, 6.07) is 12.5. The van der Waals surface area contributed by atoms with Crippen LogP contribution in [0.2, 0.25) is 5.02 Å². The highest BCUT2D eigenvalue weighted by atomic mass is 35.5. The molecule has 2 rings (SSSR count). The highest BCUT2D eigenvalue weighted by Gasteiger charge is 2.10. The quantitative estimate of drug-likeness (QED) is 0.598. The summed E-state index contributed by atoms with van der Waals surface area (Å²) in [4.78, 5) is 11.9. The number of ether oxygens (including phenoxy) is 1. The van der Waals surface area contributed by atoms with Crippen LogP contribution in [-0.4, -0.2) is 5.97 Å². The van der Waals surface area contributed by atoms with Crippen molar-refractivity contribution < 1.29 is 9.53 Å². The van der Waals surface area contributed by atoms with Gasteiger partial charge in [-0.15, -0.1) is 0 Å². The predicted octanol–water partition coefficient (Wildman–Crippen LogP) is 4.18. The lowest BCUT2D eigenvalue weighted by atomic mass is 10.1. The Bertz CT molecular complexity index is 591. The maximum absolute atomic E-state index is 11.9. The fourth-order valence-electron chi connectivity index (χ4n) is 1.59. The zero-order valence-electron chi connectivity index (χ0n) is 10.2. The molecule has 0 aliphatic heterocycles. The lowest BCUT2D eigenvalue weighted by molar-refractivity contribution is 0.0733. The van der Waals surface area contributed by atoms with Crippen molar-refractivity contribution in [2.75, 3.05) is 0 Å². The topological polar surface area (TPSA) is 26.3 Å². The van der Waals surface area contributed by atoms with E-state index >= 15 is 0 Å². The molecule has 0 bridgehead atoms. The molecule has 0 N–H and O–H groups in total. The van der Waals surface area contributed by atoms with Gasteiger partial charge in [0.2, 0.25) is 0 Å². The second kappa shape index (κ2) is 5.23. The number of benzene rings is 2. The first-order valence-electron chi connectivity index (χ1n) is 5.61. The number of carbonyl (C=O) groups is 1. The minimum atomic E-state index is -0.397. The Kier molecular flexibility index (Phi) is 3.68. The van der Waals surface area contributed by atoms with Crippen LogP contribution in [0, 0.1) is 13.8 Å². The zero-order valence-corrected chi connectivity index (χ0v) is 11.0. The molecule has 0 radical (unpaired) electrons. The Morgan fingerprint density at radius 3 is 2.61 bits per heavy atom. The number of rotatable bonds is 2. The molecule has 0 saturated heterocycles. The van der Waals surface area contributed by atoms with Crippen molar-refractivity contribution in [3.63, 3.8) is 0 Å². The first-order chi connectivity index (χ1) is 8.56. The number of hydrogen-bond acceptors (Lipinski definition) is 2. The molecule has 2 aromatic carbocycles. The Balaban J connectivity index is 2.24. The minimum absolute atomic E-state index is 0.397. The molecule has 92 valence electrons. The van der Waals surface area contributed by atoms with Crippen LogP contribution in [0.15, 0.2) is 42.5 Å². The fourth-order valence-corrected chi connectivity index (χ4v) is 1.78. The van der Waals surface area contributed by atoms with Gasteiger partial charge < -0.3 is 4.74 Å². The first-order valence-corrected chi connectivity index (χ1v) is 5.99. The van der Waals surface area contributed by atoms with Gasteiger partial charge in [0.1, 0.15) is 5.75 Å². The van der Waals surface area contributed by atoms with E-state index in [1.165, 1.54) is 0 Å². The lowest BCUT2D eigenvalue weighted by Gasteiger charge is -2.08. The van der Waals surface area contributed by atoms with Crippen molar-refractivity contribution in [3.05, 3.63) is 64.2 Å². The third kappa shape index (κ3) is 2.90. The standard InChI is InChI=1S/C15H13ClO2/c1-10-6-7-11(2)14(8-10)18-15(17)12-4-3-5-13(16)9-12/h3-9H,1-2H3. The molecule has 0 spiro atoms. The van der Waals surface area contributed by atoms with E-state index in [0.29, 0.717) is 16.3 Å². The smallest absolute Gasteiger partial charge is 0.343 e. The van der Waals surface area contributed by atoms with Crippen molar-refractivity contribution in [1.82, 2.24) is 0 Å². The maximum Gasteiger partial charge on any atom is 0.343 e. The fraction of sp³-hybridized carbons (Fsp3) is 0.133. The first kappa shape index (κ1) is 12.7. The Hall–Kier alpha value is -1.80. The molecule has 0 aliphatic carbocycles. The van der Waals surface area contributed by atoms with Gasteiger partial charge in [-0.2, -0.15) is 0 Å². The molecule has 0 aliphatic rings. The van der Waals surface area contributed by atoms with Gasteiger partial charge in [0, 0.05) is 5.02 Å². The second-order valence-corrected chi connectivity index (χ2v) is 4.61. The third-order valence-electron chi connectivity index (χ3n) is 2.61. The van der Waals surface area contributed by atoms with Crippen LogP contribution in [-0.2, 0) is 0 Å². The predicted molar refractivity (Wildman–Crippen MR) is 72.3 cm³/mol. The summed E-state index contributed by atoms with van der Waals surface area (Å²) in [6.07, 6.45) is 0. The Morgan fingerprint density at radius 1 is 1.11 bits per heavy atom. The molecule has 0 heterocycles. The van der Waals surface area contributed by atoms with Gasteiger partial charge in [-0.05, 0) is 49.2 Å². The highest BCUT2D eigenvalue weighted by molar-refractivity contribution is 6.30. The summed E-state index contributed by atoms with van der Waals surface area (Å²) < 4.78 is 5.37. The average molecular weight is 261 g/mol. The van der Waals surface area contributed by atoms with Gasteiger partial charge in [-0.1, -0.05) is 29.8 Å². The van der Waals surface area contributed by atoms with Crippen LogP contribution in [0.1, 0.15) is 21.5 Å². The van der Waals surface area contributed by atoms with Crippen molar-refractivity contribution in [3.8, 4) is 5.75 Å². The number of carbonyl (C=O) groups excluding carboxylic acids is 1. The average Bonchev–Trinajstić information content (AvgIpc) is 2.34. The molecule has 0 saturated carbocycles. The van der Waals surface area contributed by atoms with E-state index in [4.69, 9.17) is 16.3 Å². The molecule has 2 aromatic rings. The normalized spacial score (nSPS) is 10.2. The van der Waals surface area contributed by atoms with E-state index in [0.717, 1.165) is 11.1 Å². The summed E-state index contributed by atoms with van der Waals surface area (Å²) in [5.74, 6) is 0.186. The van der Waals surface area contributed by atoms with Gasteiger partial charge in [0.15, 0.2) is 0 Å². The maximum atomic E-state index is 11.9. The van der Waals surface area contributed by atoms with E-state index in [1.807, 2.05) is 32.0 Å². The highest BCUT2D eigenvalue weighted by Crippen LogP contribution is 2.21. The van der Waals surface area contributed by atoms with E-state index in [9.17, 15) is 4.79 Å². The van der Waals surface area contributed by atoms with Gasteiger partial charge in [-0.25, -0.2) is 4.79 Å². The molecule has 0 amide bonds. The molecule has 0 unspecified atom stereocenters. The molecule has 0 atom stereocenters. The molecule has 0 fully saturated rings. The van der Waals surface area contributed by atoms with Crippen LogP contribution in [0.25, 0.3) is 0 Å². The SMILES string of the molecule is Cc1ccc(C)c(OC(=O)c2cccc(Cl)c2)c1. The van der Waals surface area contributed by atoms with Crippen molar-refractivity contribution in [2.45, 2.75) is 13.8 Å². The van der Waals surface area contributed by atoms with Gasteiger partial charge in [0.05, 0.1) is 5.56 Å². The second-order valence-electron chi connectivity index (χ2n) is 4.17. The number of aryl methyl sites for hydroxylation is 2. The van der Waals surface area contributed by atoms with E-state index in [2.05, 4.69) is 0 Å². The molecular weight excluding hydrogens is 248 g/mol. The molecule has 3 heteroatoms. The molecule has 2 nitrogen and oxygen atoms in total. The summed E-state index contributed by atoms with van der Waals surface area (Å²) in [6.45, 7) is 3.86. The van der Waals surface area contributed by atoms with E-state index < -0.39 is 5.97 Å². The molecular formula is C15H13ClO2. The number of hydrogen-bond donors (Lipinski definition) is 0. The van der Waals surface area contributed by atoms with Crippen molar-refractivity contribution >= 4 is 17.6 Å². The van der Waals surface area contributed by atoms with E-state index in [1.54, 1.807) is 24.3 Å². The minimum Gasteiger partial charge on any atom is -0.423 e. The summed E-state index contributed by atoms with van der Waals surface area (Å²) in [7, 11) is 0. The monoisotopic (exact) mass is 260 g/mol. The number of halogens is 1. The van der Waals surface area contributed by atoms with Crippen molar-refractivity contribution in [2.24, 2.45) is 0 Å². The zero-order chi connectivity index (χ0) is 13.1. The third-order valence-corrected chi connectivity index (χ3v) is 2.84. The number of esters is 1. The van der Waals surface area contributed by atoms with Gasteiger partial charge >= 0.3 is 5.97 Å². The van der Waals surface area contributed by atoms with Gasteiger partial charge in [0.25, 0.3) is 0 Å². The Morgan fingerprint density at radius 2 is 1.89 bits per heavy atom. The molecule has 18 heavy (non-hydrogen) atoms. The summed E-state index contributed by atoms with van der Waals surface area (Å²) >= 11 is 5.84. The summed E-state index contributed by atoms with van der Waals surface area (Å²) in [5.41, 5.74) is 2.42. The lowest BCUT2D eigenvalue weighted by Crippen LogP contribution is -2.09. The molecule has 0 aromatic heterocycles.